The fraction of sp³-hybridized carbons (Fsp3) is 0.500. The Morgan fingerprint density at radius 1 is 1.45 bits per heavy atom. The highest BCUT2D eigenvalue weighted by molar-refractivity contribution is 5.86. The van der Waals surface area contributed by atoms with Gasteiger partial charge in [0.15, 0.2) is 5.69 Å². The zero-order valence-electron chi connectivity index (χ0n) is 10.9. The van der Waals surface area contributed by atoms with Crippen LogP contribution in [0.1, 0.15) is 30.3 Å². The molecule has 0 unspecified atom stereocenters. The Hall–Kier alpha value is -2.22. The van der Waals surface area contributed by atoms with Gasteiger partial charge in [-0.3, -0.25) is 10.1 Å². The molecule has 1 fully saturated rings. The normalized spacial score (nSPS) is 17.8. The summed E-state index contributed by atoms with van der Waals surface area (Å²) in [5.74, 6) is -1.18. The van der Waals surface area contributed by atoms with Crippen molar-refractivity contribution in [2.24, 2.45) is 0 Å². The van der Waals surface area contributed by atoms with Crippen molar-refractivity contribution < 1.29 is 19.9 Å². The number of pyridine rings is 1. The fourth-order valence-corrected chi connectivity index (χ4v) is 2.14. The number of hydrogen-bond acceptors (Lipinski definition) is 6. The molecule has 1 aliphatic rings. The summed E-state index contributed by atoms with van der Waals surface area (Å²) in [6.07, 6.45) is 0.895. The van der Waals surface area contributed by atoms with Crippen LogP contribution in [0.2, 0.25) is 0 Å². The summed E-state index contributed by atoms with van der Waals surface area (Å²) >= 11 is 0. The Labute approximate surface area is 114 Å². The third-order valence-corrected chi connectivity index (χ3v) is 3.41. The largest absolute Gasteiger partial charge is 0.477 e. The summed E-state index contributed by atoms with van der Waals surface area (Å²) in [6.45, 7) is 2.49. The lowest BCUT2D eigenvalue weighted by atomic mass is 9.94. The topological polar surface area (TPSA) is 117 Å². The molecule has 1 saturated heterocycles. The lowest BCUT2D eigenvalue weighted by Gasteiger charge is -2.36. The Morgan fingerprint density at radius 2 is 2.05 bits per heavy atom. The van der Waals surface area contributed by atoms with E-state index >= 15 is 0 Å². The van der Waals surface area contributed by atoms with Crippen molar-refractivity contribution in [2.75, 3.05) is 18.0 Å². The zero-order valence-corrected chi connectivity index (χ0v) is 10.9. The van der Waals surface area contributed by atoms with Crippen LogP contribution in [-0.4, -0.2) is 44.8 Å². The van der Waals surface area contributed by atoms with E-state index in [-0.39, 0.29) is 17.2 Å². The second-order valence-electron chi connectivity index (χ2n) is 5.09. The van der Waals surface area contributed by atoms with E-state index < -0.39 is 16.5 Å². The predicted octanol–water partition coefficient (Wildman–Crippen LogP) is 1.04. The molecule has 0 aliphatic carbocycles. The summed E-state index contributed by atoms with van der Waals surface area (Å²) < 4.78 is 0. The first-order valence-corrected chi connectivity index (χ1v) is 6.16. The van der Waals surface area contributed by atoms with E-state index in [2.05, 4.69) is 4.98 Å². The van der Waals surface area contributed by atoms with Gasteiger partial charge < -0.3 is 15.1 Å². The number of anilines is 1. The van der Waals surface area contributed by atoms with Gasteiger partial charge in [0.05, 0.1) is 10.5 Å². The minimum atomic E-state index is -1.23. The Bertz CT molecular complexity index is 548. The molecule has 0 amide bonds. The standard InChI is InChI=1S/C12H15N3O5/c1-12(18)4-6-14(7-5-12)10-9(15(19)20)3-2-8(13-10)11(16)17/h2-3,18H,4-7H2,1H3,(H,16,17). The maximum absolute atomic E-state index is 11.0. The molecule has 8 heteroatoms. The van der Waals surface area contributed by atoms with E-state index in [0.29, 0.717) is 25.9 Å². The fourth-order valence-electron chi connectivity index (χ4n) is 2.14. The zero-order chi connectivity index (χ0) is 14.9. The van der Waals surface area contributed by atoms with Gasteiger partial charge in [-0.25, -0.2) is 9.78 Å². The maximum atomic E-state index is 11.0. The van der Waals surface area contributed by atoms with Gasteiger partial charge in [0.1, 0.15) is 0 Å². The highest BCUT2D eigenvalue weighted by atomic mass is 16.6. The first-order valence-electron chi connectivity index (χ1n) is 6.16. The predicted molar refractivity (Wildman–Crippen MR) is 69.9 cm³/mol. The Morgan fingerprint density at radius 3 is 2.55 bits per heavy atom. The molecule has 0 atom stereocenters. The molecule has 1 aromatic heterocycles. The summed E-state index contributed by atoms with van der Waals surface area (Å²) in [7, 11) is 0. The van der Waals surface area contributed by atoms with Gasteiger partial charge in [0.2, 0.25) is 5.82 Å². The number of nitrogens with zero attached hydrogens (tertiary/aromatic N) is 3. The number of carboxylic acid groups (broad SMARTS) is 1. The van der Waals surface area contributed by atoms with Crippen LogP contribution in [0.4, 0.5) is 11.5 Å². The van der Waals surface area contributed by atoms with Crippen LogP contribution in [0.5, 0.6) is 0 Å². The van der Waals surface area contributed by atoms with Crippen LogP contribution in [0.25, 0.3) is 0 Å². The molecule has 20 heavy (non-hydrogen) atoms. The van der Waals surface area contributed by atoms with Crippen molar-refractivity contribution in [3.8, 4) is 0 Å². The van der Waals surface area contributed by atoms with Gasteiger partial charge in [-0.15, -0.1) is 0 Å². The van der Waals surface area contributed by atoms with Gasteiger partial charge in [0.25, 0.3) is 0 Å². The molecule has 108 valence electrons. The van der Waals surface area contributed by atoms with Crippen LogP contribution < -0.4 is 4.90 Å². The molecule has 2 heterocycles. The molecule has 0 bridgehead atoms. The molecule has 0 saturated carbocycles. The first-order chi connectivity index (χ1) is 9.30. The average Bonchev–Trinajstić information content (AvgIpc) is 2.37. The number of aromatic nitrogens is 1. The van der Waals surface area contributed by atoms with Gasteiger partial charge >= 0.3 is 11.7 Å². The minimum absolute atomic E-state index is 0.0467. The number of nitro groups is 1. The van der Waals surface area contributed by atoms with Crippen molar-refractivity contribution >= 4 is 17.5 Å². The Balaban J connectivity index is 2.36. The maximum Gasteiger partial charge on any atom is 0.354 e. The number of aromatic carboxylic acids is 1. The van der Waals surface area contributed by atoms with E-state index in [1.54, 1.807) is 11.8 Å². The van der Waals surface area contributed by atoms with Crippen molar-refractivity contribution in [1.29, 1.82) is 0 Å². The smallest absolute Gasteiger partial charge is 0.354 e. The second-order valence-corrected chi connectivity index (χ2v) is 5.09. The van der Waals surface area contributed by atoms with Crippen LogP contribution >= 0.6 is 0 Å². The Kier molecular flexibility index (Phi) is 3.58. The molecule has 0 aromatic carbocycles. The summed E-state index contributed by atoms with van der Waals surface area (Å²) in [5.41, 5.74) is -1.25. The molecular formula is C12H15N3O5. The minimum Gasteiger partial charge on any atom is -0.477 e. The molecule has 1 aliphatic heterocycles. The van der Waals surface area contributed by atoms with E-state index in [4.69, 9.17) is 5.11 Å². The van der Waals surface area contributed by atoms with E-state index in [0.717, 1.165) is 12.1 Å². The number of rotatable bonds is 3. The van der Waals surface area contributed by atoms with Crippen molar-refractivity contribution in [3.05, 3.63) is 27.9 Å². The highest BCUT2D eigenvalue weighted by Crippen LogP contribution is 2.31. The monoisotopic (exact) mass is 281 g/mol. The van der Waals surface area contributed by atoms with E-state index in [1.807, 2.05) is 0 Å². The number of carbonyl (C=O) groups is 1. The lowest BCUT2D eigenvalue weighted by Crippen LogP contribution is -2.43. The van der Waals surface area contributed by atoms with Crippen molar-refractivity contribution in [2.45, 2.75) is 25.4 Å². The average molecular weight is 281 g/mol. The number of piperidine rings is 1. The van der Waals surface area contributed by atoms with E-state index in [1.165, 1.54) is 0 Å². The van der Waals surface area contributed by atoms with Crippen molar-refractivity contribution in [3.63, 3.8) is 0 Å². The van der Waals surface area contributed by atoms with E-state index in [9.17, 15) is 20.0 Å². The van der Waals surface area contributed by atoms with Crippen LogP contribution in [0.3, 0.4) is 0 Å². The van der Waals surface area contributed by atoms with Gasteiger partial charge in [-0.2, -0.15) is 0 Å². The van der Waals surface area contributed by atoms with Gasteiger partial charge in [0, 0.05) is 19.2 Å². The third kappa shape index (κ3) is 2.85. The van der Waals surface area contributed by atoms with Crippen molar-refractivity contribution in [1.82, 2.24) is 4.98 Å². The molecule has 8 nitrogen and oxygen atoms in total. The lowest BCUT2D eigenvalue weighted by molar-refractivity contribution is -0.384. The quantitative estimate of drug-likeness (QED) is 0.627. The molecule has 2 N–H and O–H groups in total. The third-order valence-electron chi connectivity index (χ3n) is 3.41. The molecular weight excluding hydrogens is 266 g/mol. The molecule has 0 radical (unpaired) electrons. The summed E-state index contributed by atoms with van der Waals surface area (Å²) in [4.78, 5) is 26.9. The van der Waals surface area contributed by atoms with Crippen LogP contribution in [0.15, 0.2) is 12.1 Å². The van der Waals surface area contributed by atoms with Crippen LogP contribution in [0, 0.1) is 10.1 Å². The van der Waals surface area contributed by atoms with Gasteiger partial charge in [-0.05, 0) is 25.8 Å². The summed E-state index contributed by atoms with van der Waals surface area (Å²) in [5, 5.41) is 29.8. The molecule has 2 rings (SSSR count). The molecule has 0 spiro atoms. The second kappa shape index (κ2) is 5.04. The first kappa shape index (κ1) is 14.2. The number of hydrogen-bond donors (Lipinski definition) is 2. The number of aliphatic hydroxyl groups is 1. The summed E-state index contributed by atoms with van der Waals surface area (Å²) in [6, 6.07) is 2.27. The SMILES string of the molecule is CC1(O)CCN(c2nc(C(=O)O)ccc2[N+](=O)[O-])CC1. The number of carboxylic acids is 1. The highest BCUT2D eigenvalue weighted by Gasteiger charge is 2.31. The molecule has 1 aromatic rings. The van der Waals surface area contributed by atoms with Crippen LogP contribution in [-0.2, 0) is 0 Å². The van der Waals surface area contributed by atoms with Gasteiger partial charge in [-0.1, -0.05) is 0 Å².